The van der Waals surface area contributed by atoms with E-state index in [-0.39, 0.29) is 11.7 Å². The Kier molecular flexibility index (Phi) is 5.44. The van der Waals surface area contributed by atoms with Crippen LogP contribution in [0.4, 0.5) is 5.95 Å². The van der Waals surface area contributed by atoms with Crippen LogP contribution in [0, 0.1) is 0 Å². The van der Waals surface area contributed by atoms with E-state index in [1.54, 1.807) is 6.20 Å². The lowest BCUT2D eigenvalue weighted by molar-refractivity contribution is 0.0962. The van der Waals surface area contributed by atoms with Crippen molar-refractivity contribution in [3.8, 4) is 0 Å². The van der Waals surface area contributed by atoms with E-state index >= 15 is 0 Å². The molecule has 2 heterocycles. The first-order valence-corrected chi connectivity index (χ1v) is 10.5. The number of anilines is 1. The highest BCUT2D eigenvalue weighted by Crippen LogP contribution is 2.33. The standard InChI is InChI=1S/C23H30N4O/c1-4-26-9-11-27(12-10-26)23-24-15-20-21(25-23)13-19(14-22(20)28)18-7-5-17(6-8-18)16(2)3/h5-8,15-16,19H,4,9-14H2,1-3H3/t19-/m1/s1. The zero-order chi connectivity index (χ0) is 19.7. The fraction of sp³-hybridized carbons (Fsp3) is 0.522. The van der Waals surface area contributed by atoms with E-state index in [1.807, 2.05) is 0 Å². The summed E-state index contributed by atoms with van der Waals surface area (Å²) in [5, 5.41) is 0. The molecule has 2 aliphatic rings. The molecule has 0 bridgehead atoms. The zero-order valence-corrected chi connectivity index (χ0v) is 17.2. The molecule has 1 aliphatic heterocycles. The minimum absolute atomic E-state index is 0.168. The lowest BCUT2D eigenvalue weighted by atomic mass is 9.81. The molecule has 1 aliphatic carbocycles. The normalized spacial score (nSPS) is 20.5. The van der Waals surface area contributed by atoms with Crippen LogP contribution in [0.1, 0.15) is 66.2 Å². The predicted molar refractivity (Wildman–Crippen MR) is 112 cm³/mol. The smallest absolute Gasteiger partial charge is 0.225 e. The molecule has 2 aromatic rings. The molecule has 0 N–H and O–H groups in total. The van der Waals surface area contributed by atoms with Crippen LogP contribution in [-0.2, 0) is 6.42 Å². The van der Waals surface area contributed by atoms with Crippen molar-refractivity contribution < 1.29 is 4.79 Å². The van der Waals surface area contributed by atoms with E-state index in [9.17, 15) is 4.79 Å². The van der Waals surface area contributed by atoms with Crippen molar-refractivity contribution in [2.75, 3.05) is 37.6 Å². The van der Waals surface area contributed by atoms with Gasteiger partial charge in [-0.15, -0.1) is 0 Å². The van der Waals surface area contributed by atoms with Gasteiger partial charge in [0, 0.05) is 38.8 Å². The average molecular weight is 379 g/mol. The number of hydrogen-bond donors (Lipinski definition) is 0. The van der Waals surface area contributed by atoms with Gasteiger partial charge < -0.3 is 9.80 Å². The summed E-state index contributed by atoms with van der Waals surface area (Å²) >= 11 is 0. The Morgan fingerprint density at radius 3 is 2.43 bits per heavy atom. The number of carbonyl (C=O) groups is 1. The van der Waals surface area contributed by atoms with Gasteiger partial charge >= 0.3 is 0 Å². The summed E-state index contributed by atoms with van der Waals surface area (Å²) in [6.07, 6.45) is 3.11. The molecule has 28 heavy (non-hydrogen) atoms. The van der Waals surface area contributed by atoms with Crippen molar-refractivity contribution in [2.24, 2.45) is 0 Å². The fourth-order valence-electron chi connectivity index (χ4n) is 4.24. The molecule has 0 amide bonds. The Morgan fingerprint density at radius 2 is 1.79 bits per heavy atom. The number of benzene rings is 1. The SMILES string of the molecule is CCN1CCN(c2ncc3c(n2)C[C@@H](c2ccc(C(C)C)cc2)CC3=O)CC1. The van der Waals surface area contributed by atoms with Crippen LogP contribution < -0.4 is 4.90 Å². The molecule has 1 aromatic heterocycles. The van der Waals surface area contributed by atoms with Crippen LogP contribution in [0.3, 0.4) is 0 Å². The molecule has 1 atom stereocenters. The predicted octanol–water partition coefficient (Wildman–Crippen LogP) is 3.65. The minimum atomic E-state index is 0.168. The molecule has 1 fully saturated rings. The third-order valence-electron chi connectivity index (χ3n) is 6.20. The van der Waals surface area contributed by atoms with Gasteiger partial charge in [0.2, 0.25) is 5.95 Å². The number of nitrogens with zero attached hydrogens (tertiary/aromatic N) is 4. The van der Waals surface area contributed by atoms with Crippen LogP contribution in [-0.4, -0.2) is 53.4 Å². The van der Waals surface area contributed by atoms with E-state index in [0.717, 1.165) is 50.8 Å². The second-order valence-electron chi connectivity index (χ2n) is 8.30. The van der Waals surface area contributed by atoms with Crippen LogP contribution in [0.2, 0.25) is 0 Å². The molecule has 0 radical (unpaired) electrons. The van der Waals surface area contributed by atoms with Crippen LogP contribution in [0.5, 0.6) is 0 Å². The Bertz CT molecular complexity index is 838. The average Bonchev–Trinajstić information content (AvgIpc) is 2.73. The zero-order valence-electron chi connectivity index (χ0n) is 17.2. The van der Waals surface area contributed by atoms with Gasteiger partial charge in [-0.05, 0) is 35.9 Å². The van der Waals surface area contributed by atoms with Gasteiger partial charge in [0.25, 0.3) is 0 Å². The van der Waals surface area contributed by atoms with E-state index in [2.05, 4.69) is 59.8 Å². The Hall–Kier alpha value is -2.27. The Morgan fingerprint density at radius 1 is 1.07 bits per heavy atom. The second-order valence-corrected chi connectivity index (χ2v) is 8.30. The lowest BCUT2D eigenvalue weighted by Gasteiger charge is -2.34. The molecule has 0 spiro atoms. The van der Waals surface area contributed by atoms with Crippen molar-refractivity contribution >= 4 is 11.7 Å². The largest absolute Gasteiger partial charge is 0.338 e. The summed E-state index contributed by atoms with van der Waals surface area (Å²) in [5.74, 6) is 1.67. The number of hydrogen-bond acceptors (Lipinski definition) is 5. The molecule has 5 nitrogen and oxygen atoms in total. The van der Waals surface area contributed by atoms with Crippen molar-refractivity contribution in [1.29, 1.82) is 0 Å². The number of rotatable bonds is 4. The highest BCUT2D eigenvalue weighted by molar-refractivity contribution is 5.98. The molecule has 5 heteroatoms. The van der Waals surface area contributed by atoms with Gasteiger partial charge in [-0.1, -0.05) is 45.0 Å². The van der Waals surface area contributed by atoms with E-state index in [0.29, 0.717) is 17.9 Å². The number of piperazine rings is 1. The van der Waals surface area contributed by atoms with Gasteiger partial charge in [-0.25, -0.2) is 9.97 Å². The molecule has 148 valence electrons. The van der Waals surface area contributed by atoms with Crippen LogP contribution >= 0.6 is 0 Å². The summed E-state index contributed by atoms with van der Waals surface area (Å²) in [6.45, 7) is 11.7. The molecule has 1 aromatic carbocycles. The number of aromatic nitrogens is 2. The number of Topliss-reactive ketones (excluding diaryl/α,β-unsaturated/α-hetero) is 1. The molecule has 1 saturated heterocycles. The van der Waals surface area contributed by atoms with Crippen molar-refractivity contribution in [2.45, 2.75) is 45.4 Å². The first-order valence-electron chi connectivity index (χ1n) is 10.5. The first kappa shape index (κ1) is 19.1. The number of fused-ring (bicyclic) bond motifs is 1. The number of carbonyl (C=O) groups excluding carboxylic acids is 1. The van der Waals surface area contributed by atoms with Gasteiger partial charge in [-0.2, -0.15) is 0 Å². The monoisotopic (exact) mass is 378 g/mol. The summed E-state index contributed by atoms with van der Waals surface area (Å²) in [4.78, 5) is 26.8. The maximum absolute atomic E-state index is 12.7. The van der Waals surface area contributed by atoms with E-state index in [1.165, 1.54) is 11.1 Å². The maximum Gasteiger partial charge on any atom is 0.225 e. The third kappa shape index (κ3) is 3.81. The highest BCUT2D eigenvalue weighted by Gasteiger charge is 2.29. The van der Waals surface area contributed by atoms with Gasteiger partial charge in [-0.3, -0.25) is 4.79 Å². The van der Waals surface area contributed by atoms with Gasteiger partial charge in [0.1, 0.15) is 0 Å². The second kappa shape index (κ2) is 8.00. The summed E-state index contributed by atoms with van der Waals surface area (Å²) in [5.41, 5.74) is 4.20. The molecule has 0 saturated carbocycles. The van der Waals surface area contributed by atoms with Crippen molar-refractivity contribution in [1.82, 2.24) is 14.9 Å². The van der Waals surface area contributed by atoms with Gasteiger partial charge in [0.15, 0.2) is 5.78 Å². The Balaban J connectivity index is 1.54. The van der Waals surface area contributed by atoms with Crippen molar-refractivity contribution in [3.05, 3.63) is 52.8 Å². The van der Waals surface area contributed by atoms with Gasteiger partial charge in [0.05, 0.1) is 11.3 Å². The fourth-order valence-corrected chi connectivity index (χ4v) is 4.24. The van der Waals surface area contributed by atoms with Crippen molar-refractivity contribution in [3.63, 3.8) is 0 Å². The summed E-state index contributed by atoms with van der Waals surface area (Å²) in [6, 6.07) is 8.76. The number of likely N-dealkylation sites (N-methyl/N-ethyl adjacent to an activating group) is 1. The summed E-state index contributed by atoms with van der Waals surface area (Å²) < 4.78 is 0. The Labute approximate surface area is 167 Å². The van der Waals surface area contributed by atoms with E-state index in [4.69, 9.17) is 4.98 Å². The van der Waals surface area contributed by atoms with E-state index < -0.39 is 0 Å². The minimum Gasteiger partial charge on any atom is -0.338 e. The maximum atomic E-state index is 12.7. The quantitative estimate of drug-likeness (QED) is 0.813. The molecule has 4 rings (SSSR count). The molecular weight excluding hydrogens is 348 g/mol. The molecular formula is C23H30N4O. The number of ketones is 1. The topological polar surface area (TPSA) is 49.3 Å². The molecule has 0 unspecified atom stereocenters. The lowest BCUT2D eigenvalue weighted by Crippen LogP contribution is -2.46. The third-order valence-corrected chi connectivity index (χ3v) is 6.20. The summed E-state index contributed by atoms with van der Waals surface area (Å²) in [7, 11) is 0. The van der Waals surface area contributed by atoms with Crippen LogP contribution in [0.15, 0.2) is 30.5 Å². The van der Waals surface area contributed by atoms with Crippen LogP contribution in [0.25, 0.3) is 0 Å². The first-order chi connectivity index (χ1) is 13.5. The highest BCUT2D eigenvalue weighted by atomic mass is 16.1.